The van der Waals surface area contributed by atoms with Crippen molar-refractivity contribution in [3.05, 3.63) is 47.8 Å². The largest absolute Gasteiger partial charge is 0.488 e. The van der Waals surface area contributed by atoms with Crippen molar-refractivity contribution in [2.75, 3.05) is 6.54 Å². The predicted molar refractivity (Wildman–Crippen MR) is 85.4 cm³/mol. The molecule has 114 valence electrons. The molecule has 0 aliphatic heterocycles. The highest BCUT2D eigenvalue weighted by Crippen LogP contribution is 2.25. The minimum absolute atomic E-state index is 0.291. The molecule has 21 heavy (non-hydrogen) atoms. The number of benzene rings is 1. The smallest absolute Gasteiger partial charge is 0.124 e. The van der Waals surface area contributed by atoms with Crippen LogP contribution in [0.15, 0.2) is 36.7 Å². The molecule has 0 saturated heterocycles. The third-order valence-corrected chi connectivity index (χ3v) is 3.49. The standard InChI is InChI=1S/C17H25N3O/c1-4-10-18-14(3)16-8-6-7-9-17(16)21-13-15-11-19-20(5-2)12-15/h6-9,11-12,14,18H,4-5,10,13H2,1-3H3. The van der Waals surface area contributed by atoms with Crippen molar-refractivity contribution < 1.29 is 4.74 Å². The van der Waals surface area contributed by atoms with Crippen molar-refractivity contribution in [3.8, 4) is 5.75 Å². The zero-order valence-corrected chi connectivity index (χ0v) is 13.2. The van der Waals surface area contributed by atoms with E-state index >= 15 is 0 Å². The Bertz CT molecular complexity index is 550. The molecule has 1 aromatic heterocycles. The van der Waals surface area contributed by atoms with E-state index in [0.717, 1.165) is 30.8 Å². The van der Waals surface area contributed by atoms with Crippen LogP contribution in [0.5, 0.6) is 5.75 Å². The highest BCUT2D eigenvalue weighted by atomic mass is 16.5. The molecule has 2 aromatic rings. The molecule has 2 rings (SSSR count). The number of hydrogen-bond donors (Lipinski definition) is 1. The summed E-state index contributed by atoms with van der Waals surface area (Å²) in [5.41, 5.74) is 2.30. The monoisotopic (exact) mass is 287 g/mol. The Morgan fingerprint density at radius 3 is 2.81 bits per heavy atom. The first kappa shape index (κ1) is 15.6. The maximum atomic E-state index is 5.99. The van der Waals surface area contributed by atoms with Gasteiger partial charge in [-0.15, -0.1) is 0 Å². The Hall–Kier alpha value is -1.81. The van der Waals surface area contributed by atoms with Crippen molar-refractivity contribution in [2.24, 2.45) is 0 Å². The van der Waals surface area contributed by atoms with Gasteiger partial charge in [0.15, 0.2) is 0 Å². The number of hydrogen-bond acceptors (Lipinski definition) is 3. The maximum absolute atomic E-state index is 5.99. The molecule has 4 nitrogen and oxygen atoms in total. The molecule has 1 unspecified atom stereocenters. The van der Waals surface area contributed by atoms with E-state index in [-0.39, 0.29) is 0 Å². The lowest BCUT2D eigenvalue weighted by Gasteiger charge is -2.17. The molecule has 1 N–H and O–H groups in total. The summed E-state index contributed by atoms with van der Waals surface area (Å²) in [6, 6.07) is 8.52. The highest BCUT2D eigenvalue weighted by Gasteiger charge is 2.10. The van der Waals surface area contributed by atoms with Crippen LogP contribution in [0.25, 0.3) is 0 Å². The van der Waals surface area contributed by atoms with Gasteiger partial charge in [-0.05, 0) is 32.9 Å². The van der Waals surface area contributed by atoms with Crippen LogP contribution in [-0.2, 0) is 13.2 Å². The second-order valence-corrected chi connectivity index (χ2v) is 5.21. The van der Waals surface area contributed by atoms with Crippen LogP contribution < -0.4 is 10.1 Å². The average molecular weight is 287 g/mol. The normalized spacial score (nSPS) is 12.3. The Balaban J connectivity index is 2.02. The fourth-order valence-corrected chi connectivity index (χ4v) is 2.26. The Kier molecular flexibility index (Phi) is 5.81. The lowest BCUT2D eigenvalue weighted by molar-refractivity contribution is 0.299. The average Bonchev–Trinajstić information content (AvgIpc) is 2.99. The van der Waals surface area contributed by atoms with E-state index in [1.165, 1.54) is 5.56 Å². The summed E-state index contributed by atoms with van der Waals surface area (Å²) < 4.78 is 7.90. The fraction of sp³-hybridized carbons (Fsp3) is 0.471. The van der Waals surface area contributed by atoms with Gasteiger partial charge < -0.3 is 10.1 Å². The second-order valence-electron chi connectivity index (χ2n) is 5.21. The van der Waals surface area contributed by atoms with Gasteiger partial charge in [0.2, 0.25) is 0 Å². The number of nitrogens with one attached hydrogen (secondary N) is 1. The molecule has 0 saturated carbocycles. The second kappa shape index (κ2) is 7.84. The molecule has 4 heteroatoms. The third kappa shape index (κ3) is 4.33. The Morgan fingerprint density at radius 1 is 1.29 bits per heavy atom. The molecule has 1 atom stereocenters. The van der Waals surface area contributed by atoms with Gasteiger partial charge >= 0.3 is 0 Å². The van der Waals surface area contributed by atoms with Gasteiger partial charge in [-0.1, -0.05) is 25.1 Å². The van der Waals surface area contributed by atoms with Gasteiger partial charge in [0, 0.05) is 29.9 Å². The molecular weight excluding hydrogens is 262 g/mol. The summed E-state index contributed by atoms with van der Waals surface area (Å²) in [6.07, 6.45) is 5.02. The Labute approximate surface area is 127 Å². The van der Waals surface area contributed by atoms with E-state index in [1.54, 1.807) is 0 Å². The summed E-state index contributed by atoms with van der Waals surface area (Å²) in [7, 11) is 0. The first-order valence-corrected chi connectivity index (χ1v) is 7.71. The van der Waals surface area contributed by atoms with Crippen LogP contribution in [0, 0.1) is 0 Å². The fourth-order valence-electron chi connectivity index (χ4n) is 2.26. The SMILES string of the molecule is CCCNC(C)c1ccccc1OCc1cnn(CC)c1. The van der Waals surface area contributed by atoms with Gasteiger partial charge in [0.05, 0.1) is 6.20 Å². The van der Waals surface area contributed by atoms with Crippen molar-refractivity contribution in [1.82, 2.24) is 15.1 Å². The molecule has 0 radical (unpaired) electrons. The van der Waals surface area contributed by atoms with Crippen molar-refractivity contribution in [1.29, 1.82) is 0 Å². The zero-order valence-electron chi connectivity index (χ0n) is 13.2. The van der Waals surface area contributed by atoms with Crippen LogP contribution in [-0.4, -0.2) is 16.3 Å². The quantitative estimate of drug-likeness (QED) is 0.807. The van der Waals surface area contributed by atoms with Gasteiger partial charge in [-0.3, -0.25) is 4.68 Å². The lowest BCUT2D eigenvalue weighted by atomic mass is 10.1. The van der Waals surface area contributed by atoms with Crippen LogP contribution >= 0.6 is 0 Å². The molecule has 0 aliphatic rings. The first-order valence-electron chi connectivity index (χ1n) is 7.71. The van der Waals surface area contributed by atoms with E-state index in [1.807, 2.05) is 29.2 Å². The van der Waals surface area contributed by atoms with Crippen molar-refractivity contribution in [3.63, 3.8) is 0 Å². The minimum Gasteiger partial charge on any atom is -0.488 e. The third-order valence-electron chi connectivity index (χ3n) is 3.49. The summed E-state index contributed by atoms with van der Waals surface area (Å²) in [4.78, 5) is 0. The van der Waals surface area contributed by atoms with Crippen LogP contribution in [0.1, 0.15) is 44.4 Å². The van der Waals surface area contributed by atoms with E-state index in [4.69, 9.17) is 4.74 Å². The van der Waals surface area contributed by atoms with Crippen molar-refractivity contribution >= 4 is 0 Å². The first-order chi connectivity index (χ1) is 10.2. The predicted octanol–water partition coefficient (Wildman–Crippen LogP) is 3.54. The van der Waals surface area contributed by atoms with Crippen molar-refractivity contribution in [2.45, 2.75) is 46.4 Å². The van der Waals surface area contributed by atoms with Gasteiger partial charge in [-0.2, -0.15) is 5.10 Å². The van der Waals surface area contributed by atoms with E-state index in [2.05, 4.69) is 43.3 Å². The van der Waals surface area contributed by atoms with Crippen LogP contribution in [0.4, 0.5) is 0 Å². The molecule has 0 fully saturated rings. The summed E-state index contributed by atoms with van der Waals surface area (Å²) in [6.45, 7) is 8.87. The van der Waals surface area contributed by atoms with E-state index in [9.17, 15) is 0 Å². The topological polar surface area (TPSA) is 39.1 Å². The van der Waals surface area contributed by atoms with Gasteiger partial charge in [0.25, 0.3) is 0 Å². The molecule has 0 amide bonds. The molecule has 0 spiro atoms. The molecule has 1 aromatic carbocycles. The molecule has 1 heterocycles. The lowest BCUT2D eigenvalue weighted by Crippen LogP contribution is -2.19. The summed E-state index contributed by atoms with van der Waals surface area (Å²) >= 11 is 0. The minimum atomic E-state index is 0.291. The number of para-hydroxylation sites is 1. The molecule has 0 aliphatic carbocycles. The summed E-state index contributed by atoms with van der Waals surface area (Å²) in [5, 5.41) is 7.77. The van der Waals surface area contributed by atoms with Crippen LogP contribution in [0.2, 0.25) is 0 Å². The highest BCUT2D eigenvalue weighted by molar-refractivity contribution is 5.35. The number of aryl methyl sites for hydroxylation is 1. The van der Waals surface area contributed by atoms with Crippen LogP contribution in [0.3, 0.4) is 0 Å². The van der Waals surface area contributed by atoms with E-state index < -0.39 is 0 Å². The zero-order chi connectivity index (χ0) is 15.1. The van der Waals surface area contributed by atoms with Gasteiger partial charge in [-0.25, -0.2) is 0 Å². The molecule has 0 bridgehead atoms. The van der Waals surface area contributed by atoms with E-state index in [0.29, 0.717) is 12.6 Å². The number of aromatic nitrogens is 2. The van der Waals surface area contributed by atoms with Gasteiger partial charge in [0.1, 0.15) is 12.4 Å². The number of ether oxygens (including phenoxy) is 1. The molecular formula is C17H25N3O. The maximum Gasteiger partial charge on any atom is 0.124 e. The summed E-state index contributed by atoms with van der Waals surface area (Å²) in [5.74, 6) is 0.942. The Morgan fingerprint density at radius 2 is 2.10 bits per heavy atom. The number of nitrogens with zero attached hydrogens (tertiary/aromatic N) is 2. The number of rotatable bonds is 8.